The number of hydrogen-bond donors (Lipinski definition) is 1. The molecule has 0 aromatic heterocycles. The van der Waals surface area contributed by atoms with Gasteiger partial charge in [0.25, 0.3) is 0 Å². The molecule has 0 fully saturated rings. The van der Waals surface area contributed by atoms with E-state index in [1.807, 2.05) is 18.2 Å². The summed E-state index contributed by atoms with van der Waals surface area (Å²) in [4.78, 5) is 0. The monoisotopic (exact) mass is 285 g/mol. The SMILES string of the molecule is COc1ccc(OC)c(CN[C@@H](C)c2ccc(C)cc2)c1. The number of benzene rings is 2. The Morgan fingerprint density at radius 1 is 1.00 bits per heavy atom. The first-order valence-electron chi connectivity index (χ1n) is 7.15. The lowest BCUT2D eigenvalue weighted by Gasteiger charge is -2.16. The minimum atomic E-state index is 0.279. The molecule has 1 atom stereocenters. The molecule has 0 saturated carbocycles. The van der Waals surface area contributed by atoms with Crippen molar-refractivity contribution in [2.45, 2.75) is 26.4 Å². The summed E-state index contributed by atoms with van der Waals surface area (Å²) in [6.07, 6.45) is 0. The molecule has 0 bridgehead atoms. The van der Waals surface area contributed by atoms with E-state index in [0.717, 1.165) is 23.6 Å². The normalized spacial score (nSPS) is 12.0. The lowest BCUT2D eigenvalue weighted by atomic mass is 10.1. The van der Waals surface area contributed by atoms with Crippen molar-refractivity contribution in [1.29, 1.82) is 0 Å². The molecule has 0 amide bonds. The van der Waals surface area contributed by atoms with Crippen molar-refractivity contribution in [1.82, 2.24) is 5.32 Å². The van der Waals surface area contributed by atoms with Gasteiger partial charge in [-0.15, -0.1) is 0 Å². The van der Waals surface area contributed by atoms with Gasteiger partial charge in [-0.3, -0.25) is 0 Å². The average molecular weight is 285 g/mol. The van der Waals surface area contributed by atoms with Gasteiger partial charge < -0.3 is 14.8 Å². The molecule has 0 aliphatic carbocycles. The molecule has 3 heteroatoms. The molecule has 0 heterocycles. The van der Waals surface area contributed by atoms with Crippen LogP contribution in [0.3, 0.4) is 0 Å². The first-order valence-corrected chi connectivity index (χ1v) is 7.15. The predicted octanol–water partition coefficient (Wildman–Crippen LogP) is 3.86. The molecule has 0 radical (unpaired) electrons. The van der Waals surface area contributed by atoms with Crippen LogP contribution in [0.1, 0.15) is 29.7 Å². The standard InChI is InChI=1S/C18H23NO2/c1-13-5-7-15(8-6-13)14(2)19-12-16-11-17(20-3)9-10-18(16)21-4/h5-11,14,19H,12H2,1-4H3/t14-/m0/s1. The minimum absolute atomic E-state index is 0.279. The highest BCUT2D eigenvalue weighted by atomic mass is 16.5. The molecular formula is C18H23NO2. The second-order valence-electron chi connectivity index (χ2n) is 5.19. The number of ether oxygens (including phenoxy) is 2. The van der Waals surface area contributed by atoms with Crippen molar-refractivity contribution >= 4 is 0 Å². The molecule has 1 N–H and O–H groups in total. The highest BCUT2D eigenvalue weighted by molar-refractivity contribution is 5.40. The summed E-state index contributed by atoms with van der Waals surface area (Å²) in [6.45, 7) is 5.00. The van der Waals surface area contributed by atoms with Crippen LogP contribution in [0.5, 0.6) is 11.5 Å². The zero-order chi connectivity index (χ0) is 15.2. The van der Waals surface area contributed by atoms with Crippen molar-refractivity contribution in [3.63, 3.8) is 0 Å². The van der Waals surface area contributed by atoms with E-state index in [9.17, 15) is 0 Å². The zero-order valence-corrected chi connectivity index (χ0v) is 13.1. The van der Waals surface area contributed by atoms with Crippen LogP contribution in [0, 0.1) is 6.92 Å². The van der Waals surface area contributed by atoms with E-state index >= 15 is 0 Å². The largest absolute Gasteiger partial charge is 0.497 e. The molecule has 0 spiro atoms. The summed E-state index contributed by atoms with van der Waals surface area (Å²) >= 11 is 0. The van der Waals surface area contributed by atoms with E-state index in [0.29, 0.717) is 0 Å². The van der Waals surface area contributed by atoms with Gasteiger partial charge in [0.2, 0.25) is 0 Å². The summed E-state index contributed by atoms with van der Waals surface area (Å²) in [5, 5.41) is 3.53. The van der Waals surface area contributed by atoms with Gasteiger partial charge in [0.1, 0.15) is 11.5 Å². The molecule has 0 aliphatic rings. The molecule has 112 valence electrons. The first-order chi connectivity index (χ1) is 10.1. The van der Waals surface area contributed by atoms with Crippen molar-refractivity contribution in [3.8, 4) is 11.5 Å². The molecule has 2 aromatic rings. The highest BCUT2D eigenvalue weighted by Gasteiger charge is 2.08. The maximum atomic E-state index is 5.40. The fourth-order valence-electron chi connectivity index (χ4n) is 2.26. The summed E-state index contributed by atoms with van der Waals surface area (Å²) in [6, 6.07) is 14.7. The fourth-order valence-corrected chi connectivity index (χ4v) is 2.26. The quantitative estimate of drug-likeness (QED) is 0.874. The molecular weight excluding hydrogens is 262 g/mol. The zero-order valence-electron chi connectivity index (χ0n) is 13.1. The number of nitrogens with one attached hydrogen (secondary N) is 1. The lowest BCUT2D eigenvalue weighted by molar-refractivity contribution is 0.395. The minimum Gasteiger partial charge on any atom is -0.497 e. The Morgan fingerprint density at radius 3 is 2.33 bits per heavy atom. The molecule has 2 rings (SSSR count). The Hall–Kier alpha value is -2.00. The van der Waals surface area contributed by atoms with Gasteiger partial charge in [-0.25, -0.2) is 0 Å². The Bertz CT molecular complexity index is 578. The van der Waals surface area contributed by atoms with Crippen LogP contribution in [0.4, 0.5) is 0 Å². The number of methoxy groups -OCH3 is 2. The molecule has 2 aromatic carbocycles. The molecule has 0 unspecified atom stereocenters. The van der Waals surface area contributed by atoms with Gasteiger partial charge in [0.15, 0.2) is 0 Å². The highest BCUT2D eigenvalue weighted by Crippen LogP contribution is 2.24. The van der Waals surface area contributed by atoms with E-state index in [2.05, 4.69) is 43.4 Å². The molecule has 0 saturated heterocycles. The Kier molecular flexibility index (Phi) is 5.23. The summed E-state index contributed by atoms with van der Waals surface area (Å²) in [7, 11) is 3.36. The average Bonchev–Trinajstić information content (AvgIpc) is 2.52. The van der Waals surface area contributed by atoms with Gasteiger partial charge in [-0.1, -0.05) is 29.8 Å². The third kappa shape index (κ3) is 3.99. The first kappa shape index (κ1) is 15.4. The maximum absolute atomic E-state index is 5.40. The summed E-state index contributed by atoms with van der Waals surface area (Å²) < 4.78 is 10.7. The molecule has 0 aliphatic heterocycles. The van der Waals surface area contributed by atoms with Gasteiger partial charge in [0.05, 0.1) is 14.2 Å². The van der Waals surface area contributed by atoms with Crippen molar-refractivity contribution in [3.05, 3.63) is 59.2 Å². The Morgan fingerprint density at radius 2 is 1.71 bits per heavy atom. The van der Waals surface area contributed by atoms with Gasteiger partial charge in [-0.05, 0) is 37.6 Å². The summed E-state index contributed by atoms with van der Waals surface area (Å²) in [5.41, 5.74) is 3.65. The summed E-state index contributed by atoms with van der Waals surface area (Å²) in [5.74, 6) is 1.72. The van der Waals surface area contributed by atoms with Gasteiger partial charge in [-0.2, -0.15) is 0 Å². The van der Waals surface area contributed by atoms with Crippen molar-refractivity contribution in [2.24, 2.45) is 0 Å². The smallest absolute Gasteiger partial charge is 0.123 e. The Labute approximate surface area is 126 Å². The molecule has 21 heavy (non-hydrogen) atoms. The topological polar surface area (TPSA) is 30.5 Å². The lowest BCUT2D eigenvalue weighted by Crippen LogP contribution is -2.18. The van der Waals surface area contributed by atoms with Crippen LogP contribution in [0.2, 0.25) is 0 Å². The van der Waals surface area contributed by atoms with Crippen LogP contribution >= 0.6 is 0 Å². The van der Waals surface area contributed by atoms with Crippen LogP contribution in [-0.4, -0.2) is 14.2 Å². The van der Waals surface area contributed by atoms with E-state index in [4.69, 9.17) is 9.47 Å². The third-order valence-corrected chi connectivity index (χ3v) is 3.66. The number of rotatable bonds is 6. The van der Waals surface area contributed by atoms with Crippen LogP contribution in [0.25, 0.3) is 0 Å². The fraction of sp³-hybridized carbons (Fsp3) is 0.333. The predicted molar refractivity (Wildman–Crippen MR) is 86.0 cm³/mol. The number of aryl methyl sites for hydroxylation is 1. The second kappa shape index (κ2) is 7.14. The van der Waals surface area contributed by atoms with Crippen LogP contribution < -0.4 is 14.8 Å². The van der Waals surface area contributed by atoms with E-state index in [-0.39, 0.29) is 6.04 Å². The van der Waals surface area contributed by atoms with Crippen molar-refractivity contribution < 1.29 is 9.47 Å². The van der Waals surface area contributed by atoms with Gasteiger partial charge >= 0.3 is 0 Å². The van der Waals surface area contributed by atoms with Gasteiger partial charge in [0, 0.05) is 18.2 Å². The van der Waals surface area contributed by atoms with Crippen LogP contribution in [0.15, 0.2) is 42.5 Å². The second-order valence-corrected chi connectivity index (χ2v) is 5.19. The van der Waals surface area contributed by atoms with E-state index in [1.54, 1.807) is 14.2 Å². The number of hydrogen-bond acceptors (Lipinski definition) is 3. The van der Waals surface area contributed by atoms with E-state index in [1.165, 1.54) is 11.1 Å². The Balaban J connectivity index is 2.06. The van der Waals surface area contributed by atoms with Crippen LogP contribution in [-0.2, 0) is 6.54 Å². The van der Waals surface area contributed by atoms with Crippen molar-refractivity contribution in [2.75, 3.05) is 14.2 Å². The van der Waals surface area contributed by atoms with E-state index < -0.39 is 0 Å². The maximum Gasteiger partial charge on any atom is 0.123 e. The third-order valence-electron chi connectivity index (χ3n) is 3.66. The molecule has 3 nitrogen and oxygen atoms in total.